The lowest BCUT2D eigenvalue weighted by molar-refractivity contribution is 0.484. The zero-order valence-electron chi connectivity index (χ0n) is 12.2. The first-order chi connectivity index (χ1) is 12.0. The van der Waals surface area contributed by atoms with Gasteiger partial charge in [0.15, 0.2) is 20.6 Å². The van der Waals surface area contributed by atoms with Gasteiger partial charge in [0.05, 0.1) is 22.1 Å². The van der Waals surface area contributed by atoms with Crippen molar-refractivity contribution in [1.29, 1.82) is 0 Å². The number of hydrogen-bond donors (Lipinski definition) is 0. The minimum absolute atomic E-state index is 0.138. The standard InChI is InChI=1S/C16H6Cl4N4O/c17-13-15(19)23-11-5-7(1-3-9(11)21-13)25-8-2-4-10-12(6-8)24-16(20)14(18)22-10/h1-6H. The van der Waals surface area contributed by atoms with Gasteiger partial charge in [0.1, 0.15) is 11.5 Å². The molecular weight excluding hydrogens is 406 g/mol. The van der Waals surface area contributed by atoms with Crippen molar-refractivity contribution in [3.8, 4) is 11.5 Å². The molecule has 2 aromatic heterocycles. The molecule has 0 saturated heterocycles. The first kappa shape index (κ1) is 16.5. The molecule has 0 atom stereocenters. The van der Waals surface area contributed by atoms with Gasteiger partial charge in [-0.15, -0.1) is 0 Å². The Labute approximate surface area is 161 Å². The van der Waals surface area contributed by atoms with E-state index in [-0.39, 0.29) is 20.6 Å². The number of halogens is 4. The summed E-state index contributed by atoms with van der Waals surface area (Å²) in [5, 5.41) is 0.593. The van der Waals surface area contributed by atoms with Gasteiger partial charge in [0, 0.05) is 12.1 Å². The summed E-state index contributed by atoms with van der Waals surface area (Å²) in [6.45, 7) is 0. The molecule has 0 saturated carbocycles. The largest absolute Gasteiger partial charge is 0.457 e. The minimum Gasteiger partial charge on any atom is -0.457 e. The summed E-state index contributed by atoms with van der Waals surface area (Å²) in [6.07, 6.45) is 0. The molecule has 5 nitrogen and oxygen atoms in total. The molecule has 2 heterocycles. The van der Waals surface area contributed by atoms with E-state index in [9.17, 15) is 0 Å². The van der Waals surface area contributed by atoms with Crippen molar-refractivity contribution >= 4 is 68.5 Å². The van der Waals surface area contributed by atoms with Gasteiger partial charge in [0.25, 0.3) is 0 Å². The smallest absolute Gasteiger partial charge is 0.167 e. The average molecular weight is 412 g/mol. The van der Waals surface area contributed by atoms with Gasteiger partial charge in [-0.05, 0) is 24.3 Å². The first-order valence-electron chi connectivity index (χ1n) is 6.93. The zero-order chi connectivity index (χ0) is 17.6. The summed E-state index contributed by atoms with van der Waals surface area (Å²) in [5.41, 5.74) is 2.38. The molecular formula is C16H6Cl4N4O. The predicted molar refractivity (Wildman–Crippen MR) is 99.2 cm³/mol. The van der Waals surface area contributed by atoms with Crippen LogP contribution in [0, 0.1) is 0 Å². The van der Waals surface area contributed by atoms with E-state index in [0.29, 0.717) is 33.6 Å². The Morgan fingerprint density at radius 2 is 0.880 bits per heavy atom. The van der Waals surface area contributed by atoms with Gasteiger partial charge < -0.3 is 4.74 Å². The fraction of sp³-hybridized carbons (Fsp3) is 0. The van der Waals surface area contributed by atoms with Crippen LogP contribution in [0.25, 0.3) is 22.1 Å². The van der Waals surface area contributed by atoms with Crippen molar-refractivity contribution in [1.82, 2.24) is 19.9 Å². The molecule has 0 fully saturated rings. The monoisotopic (exact) mass is 410 g/mol. The summed E-state index contributed by atoms with van der Waals surface area (Å²) in [6, 6.07) is 10.4. The van der Waals surface area contributed by atoms with Crippen LogP contribution in [0.5, 0.6) is 11.5 Å². The van der Waals surface area contributed by atoms with Crippen molar-refractivity contribution in [2.45, 2.75) is 0 Å². The Morgan fingerprint density at radius 1 is 0.520 bits per heavy atom. The highest BCUT2D eigenvalue weighted by atomic mass is 35.5. The SMILES string of the molecule is Clc1nc2ccc(Oc3ccc4nc(Cl)c(Cl)nc4c3)cc2nc1Cl. The first-order valence-corrected chi connectivity index (χ1v) is 8.44. The van der Waals surface area contributed by atoms with E-state index in [1.807, 2.05) is 0 Å². The fourth-order valence-electron chi connectivity index (χ4n) is 2.25. The van der Waals surface area contributed by atoms with Crippen molar-refractivity contribution < 1.29 is 4.74 Å². The summed E-state index contributed by atoms with van der Waals surface area (Å²) in [7, 11) is 0. The lowest BCUT2D eigenvalue weighted by atomic mass is 10.2. The van der Waals surface area contributed by atoms with E-state index >= 15 is 0 Å². The number of rotatable bonds is 2. The Bertz CT molecular complexity index is 1050. The number of benzene rings is 2. The van der Waals surface area contributed by atoms with E-state index in [0.717, 1.165) is 0 Å². The van der Waals surface area contributed by atoms with Gasteiger partial charge in [-0.1, -0.05) is 46.4 Å². The highest BCUT2D eigenvalue weighted by Crippen LogP contribution is 2.29. The summed E-state index contributed by atoms with van der Waals surface area (Å²) in [4.78, 5) is 16.7. The van der Waals surface area contributed by atoms with Crippen LogP contribution in [-0.2, 0) is 0 Å². The second-order valence-corrected chi connectivity index (χ2v) is 6.45. The summed E-state index contributed by atoms with van der Waals surface area (Å²) < 4.78 is 5.85. The predicted octanol–water partition coefficient (Wildman–Crippen LogP) is 5.98. The molecule has 0 spiro atoms. The van der Waals surface area contributed by atoms with Crippen molar-refractivity contribution in [2.24, 2.45) is 0 Å². The highest BCUT2D eigenvalue weighted by Gasteiger charge is 2.09. The maximum Gasteiger partial charge on any atom is 0.167 e. The molecule has 9 heteroatoms. The maximum absolute atomic E-state index is 5.91. The molecule has 0 aliphatic carbocycles. The molecule has 4 aromatic rings. The third-order valence-corrected chi connectivity index (χ3v) is 4.59. The Kier molecular flexibility index (Phi) is 4.25. The van der Waals surface area contributed by atoms with Gasteiger partial charge in [-0.25, -0.2) is 19.9 Å². The van der Waals surface area contributed by atoms with Crippen molar-refractivity contribution in [3.05, 3.63) is 57.0 Å². The van der Waals surface area contributed by atoms with E-state index in [2.05, 4.69) is 19.9 Å². The molecule has 2 aromatic carbocycles. The summed E-state index contributed by atoms with van der Waals surface area (Å²) in [5.74, 6) is 1.13. The lowest BCUT2D eigenvalue weighted by Crippen LogP contribution is -1.91. The average Bonchev–Trinajstić information content (AvgIpc) is 2.57. The number of hydrogen-bond acceptors (Lipinski definition) is 5. The van der Waals surface area contributed by atoms with Gasteiger partial charge in [-0.3, -0.25) is 0 Å². The topological polar surface area (TPSA) is 60.8 Å². The van der Waals surface area contributed by atoms with Crippen LogP contribution in [0.15, 0.2) is 36.4 Å². The normalized spacial score (nSPS) is 11.2. The summed E-state index contributed by atoms with van der Waals surface area (Å²) >= 11 is 23.5. The Hall–Kier alpha value is -1.92. The highest BCUT2D eigenvalue weighted by molar-refractivity contribution is 6.41. The number of ether oxygens (including phenoxy) is 1. The molecule has 0 aliphatic heterocycles. The van der Waals surface area contributed by atoms with Crippen LogP contribution in [0.4, 0.5) is 0 Å². The van der Waals surface area contributed by atoms with Crippen LogP contribution in [0.2, 0.25) is 20.6 Å². The van der Waals surface area contributed by atoms with Crippen LogP contribution in [0.3, 0.4) is 0 Å². The molecule has 124 valence electrons. The Morgan fingerprint density at radius 3 is 1.28 bits per heavy atom. The van der Waals surface area contributed by atoms with Crippen molar-refractivity contribution in [2.75, 3.05) is 0 Å². The molecule has 0 aliphatic rings. The molecule has 0 bridgehead atoms. The van der Waals surface area contributed by atoms with Crippen molar-refractivity contribution in [3.63, 3.8) is 0 Å². The number of aromatic nitrogens is 4. The quantitative estimate of drug-likeness (QED) is 0.406. The van der Waals surface area contributed by atoms with E-state index < -0.39 is 0 Å². The second kappa shape index (κ2) is 6.42. The maximum atomic E-state index is 5.91. The van der Waals surface area contributed by atoms with Gasteiger partial charge in [-0.2, -0.15) is 0 Å². The Balaban J connectivity index is 1.71. The van der Waals surface area contributed by atoms with Gasteiger partial charge in [0.2, 0.25) is 0 Å². The number of fused-ring (bicyclic) bond motifs is 2. The fourth-order valence-corrected chi connectivity index (χ4v) is 2.78. The zero-order valence-corrected chi connectivity index (χ0v) is 15.2. The van der Waals surface area contributed by atoms with Crippen LogP contribution in [0.1, 0.15) is 0 Å². The molecule has 4 rings (SSSR count). The van der Waals surface area contributed by atoms with Crippen LogP contribution < -0.4 is 4.74 Å². The third kappa shape index (κ3) is 3.28. The van der Waals surface area contributed by atoms with E-state index in [1.165, 1.54) is 0 Å². The molecule has 0 N–H and O–H groups in total. The lowest BCUT2D eigenvalue weighted by Gasteiger charge is -2.08. The number of nitrogens with zero attached hydrogens (tertiary/aromatic N) is 4. The van der Waals surface area contributed by atoms with E-state index in [4.69, 9.17) is 51.1 Å². The molecule has 0 amide bonds. The van der Waals surface area contributed by atoms with Crippen LogP contribution >= 0.6 is 46.4 Å². The molecule has 0 radical (unpaired) electrons. The third-order valence-electron chi connectivity index (χ3n) is 3.34. The second-order valence-electron chi connectivity index (χ2n) is 5.01. The van der Waals surface area contributed by atoms with Gasteiger partial charge >= 0.3 is 0 Å². The van der Waals surface area contributed by atoms with Crippen LogP contribution in [-0.4, -0.2) is 19.9 Å². The minimum atomic E-state index is 0.138. The molecule has 0 unspecified atom stereocenters. The molecule has 25 heavy (non-hydrogen) atoms. The van der Waals surface area contributed by atoms with E-state index in [1.54, 1.807) is 36.4 Å².